The second-order valence-electron chi connectivity index (χ2n) is 22.2. The molecule has 1 aromatic heterocycles. The van der Waals surface area contributed by atoms with Crippen LogP contribution in [0.25, 0.3) is 11.0 Å². The number of aromatic amines is 1. The summed E-state index contributed by atoms with van der Waals surface area (Å²) < 4.78 is 0. The summed E-state index contributed by atoms with van der Waals surface area (Å²) in [6, 6.07) is 10.5. The van der Waals surface area contributed by atoms with E-state index >= 15 is 4.79 Å². The molecule has 0 fully saturated rings. The monoisotopic (exact) mass is 947 g/mol. The van der Waals surface area contributed by atoms with Crippen LogP contribution < -0.4 is 10.6 Å². The number of aliphatic carboxylic acids is 1. The molecule has 2 amide bonds. The van der Waals surface area contributed by atoms with E-state index in [1.165, 1.54) is 0 Å². The molecule has 364 valence electrons. The number of nitrogens with one attached hydrogen (secondary N) is 3. The van der Waals surface area contributed by atoms with Crippen molar-refractivity contribution in [2.75, 3.05) is 56.7 Å². The molecule has 2 rings (SSSR count). The zero-order valence-electron chi connectivity index (χ0n) is 42.4. The van der Waals surface area contributed by atoms with Crippen LogP contribution in [0.15, 0.2) is 24.3 Å². The van der Waals surface area contributed by atoms with Crippen LogP contribution in [-0.2, 0) is 20.8 Å². The van der Waals surface area contributed by atoms with Crippen molar-refractivity contribution in [3.05, 3.63) is 30.1 Å². The smallest absolute Gasteiger partial charge is 0.303 e. The summed E-state index contributed by atoms with van der Waals surface area (Å²) >= 11 is 8.38. The van der Waals surface area contributed by atoms with Crippen LogP contribution in [0.1, 0.15) is 141 Å². The van der Waals surface area contributed by atoms with E-state index in [0.717, 1.165) is 65.7 Å². The minimum atomic E-state index is -1.54. The SMILES string of the molecule is CN(C)CCSCCCNC(=O)C(C)(CC(C)(C)C(C)(C)C(C)(C#N)CCC(=O)O)C(C)(C)C(C)(C)CC(C)(C(=O)NCCCSCCc1nc2ccccc2[nH]1)C(C)(C)C(C)(O)S. The van der Waals surface area contributed by atoms with Gasteiger partial charge in [-0.3, -0.25) is 14.4 Å². The van der Waals surface area contributed by atoms with E-state index in [1.807, 2.05) is 96.3 Å². The lowest BCUT2D eigenvalue weighted by Crippen LogP contribution is -2.62. The molecule has 4 atom stereocenters. The number of imidazole rings is 1. The van der Waals surface area contributed by atoms with Gasteiger partial charge in [-0.05, 0) is 105 Å². The Kier molecular flexibility index (Phi) is 20.3. The van der Waals surface area contributed by atoms with Crippen LogP contribution >= 0.6 is 36.2 Å². The highest BCUT2D eigenvalue weighted by Crippen LogP contribution is 2.65. The number of thiol groups is 1. The number of aliphatic hydroxyl groups is 1. The maximum Gasteiger partial charge on any atom is 0.303 e. The standard InChI is InChI=1S/C50H86N6O5S3/c1-42(2,44(5,6)47(11,35-51)25-23-39(57)58)33-48(12,40(59)52-27-20-30-64-32-28-56(15)16)45(7,8)43(3,4)34-49(13,46(9,10)50(14,61)62)41(60)53-26-19-29-63-31-24-38-54-36-21-17-18-22-37(36)55-38/h17-18,21-22,61-62H,19-20,23-34H2,1-16H3,(H,52,59)(H,53,60)(H,54,55)(H,57,58). The minimum absolute atomic E-state index is 0.0960. The Morgan fingerprint density at radius 3 is 1.72 bits per heavy atom. The van der Waals surface area contributed by atoms with Crippen molar-refractivity contribution in [2.24, 2.45) is 43.3 Å². The molecule has 0 aliphatic heterocycles. The Bertz CT molecular complexity index is 1860. The van der Waals surface area contributed by atoms with E-state index in [0.29, 0.717) is 25.9 Å². The summed E-state index contributed by atoms with van der Waals surface area (Å²) in [6.07, 6.45) is 3.13. The number of aromatic nitrogens is 2. The molecule has 0 spiro atoms. The van der Waals surface area contributed by atoms with Gasteiger partial charge in [-0.25, -0.2) is 4.98 Å². The number of nitrogens with zero attached hydrogens (tertiary/aromatic N) is 3. The topological polar surface area (TPSA) is 171 Å². The van der Waals surface area contributed by atoms with E-state index in [2.05, 4.69) is 87.2 Å². The summed E-state index contributed by atoms with van der Waals surface area (Å²) in [4.78, 5) is 50.3. The molecule has 5 N–H and O–H groups in total. The first kappa shape index (κ1) is 57.7. The number of amides is 2. The van der Waals surface area contributed by atoms with Crippen molar-refractivity contribution in [1.29, 1.82) is 5.26 Å². The fourth-order valence-corrected chi connectivity index (χ4v) is 11.3. The molecule has 0 saturated heterocycles. The van der Waals surface area contributed by atoms with Gasteiger partial charge in [0.2, 0.25) is 11.8 Å². The third-order valence-corrected chi connectivity index (χ3v) is 19.2. The van der Waals surface area contributed by atoms with Crippen molar-refractivity contribution in [3.63, 3.8) is 0 Å². The van der Waals surface area contributed by atoms with Gasteiger partial charge in [0.15, 0.2) is 0 Å². The number of benzene rings is 1. The average molecular weight is 947 g/mol. The molecular weight excluding hydrogens is 861 g/mol. The molecular formula is C50H86N6O5S3. The summed E-state index contributed by atoms with van der Waals surface area (Å²) in [5.74, 6) is 3.42. The molecule has 0 aliphatic carbocycles. The quantitative estimate of drug-likeness (QED) is 0.0262. The van der Waals surface area contributed by atoms with Crippen molar-refractivity contribution in [1.82, 2.24) is 25.5 Å². The van der Waals surface area contributed by atoms with Crippen molar-refractivity contribution in [2.45, 2.75) is 147 Å². The Morgan fingerprint density at radius 1 is 0.766 bits per heavy atom. The fraction of sp³-hybridized carbons (Fsp3) is 0.780. The number of para-hydroxylation sites is 2. The molecule has 2 aromatic rings. The first-order chi connectivity index (χ1) is 29.2. The molecule has 11 nitrogen and oxygen atoms in total. The normalized spacial score (nSPS) is 16.9. The molecule has 0 radical (unpaired) electrons. The van der Waals surface area contributed by atoms with Gasteiger partial charge >= 0.3 is 5.97 Å². The molecule has 0 bridgehead atoms. The molecule has 14 heteroatoms. The van der Waals surface area contributed by atoms with E-state index in [1.54, 1.807) is 6.92 Å². The van der Waals surface area contributed by atoms with Crippen molar-refractivity contribution in [3.8, 4) is 6.07 Å². The van der Waals surface area contributed by atoms with E-state index < -0.39 is 54.2 Å². The number of aryl methyl sites for hydroxylation is 1. The highest BCUT2D eigenvalue weighted by atomic mass is 32.2. The van der Waals surface area contributed by atoms with Gasteiger partial charge in [0.1, 0.15) is 10.8 Å². The van der Waals surface area contributed by atoms with Gasteiger partial charge in [0.05, 0.1) is 33.3 Å². The summed E-state index contributed by atoms with van der Waals surface area (Å²) in [6.45, 7) is 29.9. The maximum atomic E-state index is 15.1. The lowest BCUT2D eigenvalue weighted by molar-refractivity contribution is -0.168. The van der Waals surface area contributed by atoms with Gasteiger partial charge in [0, 0.05) is 49.4 Å². The van der Waals surface area contributed by atoms with Gasteiger partial charge in [-0.15, -0.1) is 12.6 Å². The van der Waals surface area contributed by atoms with E-state index in [9.17, 15) is 25.1 Å². The second kappa shape index (κ2) is 22.6. The summed E-state index contributed by atoms with van der Waals surface area (Å²) in [7, 11) is 4.12. The van der Waals surface area contributed by atoms with Crippen molar-refractivity contribution >= 4 is 65.0 Å². The fourth-order valence-electron chi connectivity index (χ4n) is 9.15. The van der Waals surface area contributed by atoms with Gasteiger partial charge < -0.3 is 30.7 Å². The summed E-state index contributed by atoms with van der Waals surface area (Å²) in [5, 5.41) is 38.5. The number of nitriles is 1. The third-order valence-electron chi connectivity index (χ3n) is 16.5. The number of carboxylic acids is 1. The number of fused-ring (bicyclic) bond motifs is 1. The zero-order valence-corrected chi connectivity index (χ0v) is 45.0. The first-order valence-corrected chi connectivity index (χ1v) is 25.8. The highest BCUT2D eigenvalue weighted by molar-refractivity contribution is 7.99. The number of H-pyrrole nitrogens is 1. The second-order valence-corrected chi connectivity index (χ2v) is 25.5. The Labute approximate surface area is 401 Å². The molecule has 1 aromatic carbocycles. The van der Waals surface area contributed by atoms with Gasteiger partial charge in [-0.1, -0.05) is 95.2 Å². The zero-order chi connectivity index (χ0) is 49.2. The number of carboxylic acid groups (broad SMARTS) is 1. The Balaban J connectivity index is 2.47. The predicted molar refractivity (Wildman–Crippen MR) is 273 cm³/mol. The van der Waals surface area contributed by atoms with Crippen LogP contribution in [0.2, 0.25) is 0 Å². The number of carbonyl (C=O) groups excluding carboxylic acids is 2. The maximum absolute atomic E-state index is 15.1. The van der Waals surface area contributed by atoms with Crippen LogP contribution in [0.5, 0.6) is 0 Å². The molecule has 1 heterocycles. The predicted octanol–water partition coefficient (Wildman–Crippen LogP) is 10.1. The third kappa shape index (κ3) is 13.4. The van der Waals surface area contributed by atoms with Crippen LogP contribution in [0.3, 0.4) is 0 Å². The Morgan fingerprint density at radius 2 is 1.25 bits per heavy atom. The highest BCUT2D eigenvalue weighted by Gasteiger charge is 2.64. The van der Waals surface area contributed by atoms with E-state index in [4.69, 9.17) is 12.6 Å². The molecule has 0 aliphatic rings. The largest absolute Gasteiger partial charge is 0.481 e. The van der Waals surface area contributed by atoms with Crippen LogP contribution in [-0.4, -0.2) is 105 Å². The van der Waals surface area contributed by atoms with Gasteiger partial charge in [0.25, 0.3) is 0 Å². The summed E-state index contributed by atoms with van der Waals surface area (Å²) in [5.41, 5.74) is -5.15. The van der Waals surface area contributed by atoms with Crippen LogP contribution in [0, 0.1) is 54.7 Å². The van der Waals surface area contributed by atoms with Crippen molar-refractivity contribution < 1.29 is 24.6 Å². The Hall–Kier alpha value is -2.44. The van der Waals surface area contributed by atoms with E-state index in [-0.39, 0.29) is 24.7 Å². The number of hydrogen-bond donors (Lipinski definition) is 6. The number of hydrogen-bond acceptors (Lipinski definition) is 10. The molecule has 64 heavy (non-hydrogen) atoms. The van der Waals surface area contributed by atoms with Gasteiger partial charge in [-0.2, -0.15) is 28.8 Å². The molecule has 0 saturated carbocycles. The minimum Gasteiger partial charge on any atom is -0.481 e. The number of thioether (sulfide) groups is 2. The molecule has 4 unspecified atom stereocenters. The van der Waals surface area contributed by atoms with Crippen LogP contribution in [0.4, 0.5) is 0 Å². The number of rotatable bonds is 29. The average Bonchev–Trinajstić information content (AvgIpc) is 3.60. The number of carbonyl (C=O) groups is 3. The lowest BCUT2D eigenvalue weighted by Gasteiger charge is -2.61. The first-order valence-electron chi connectivity index (χ1n) is 23.1. The lowest BCUT2D eigenvalue weighted by atomic mass is 9.43.